The number of alkyl halides is 2. The molecule has 0 aromatic heterocycles. The molecule has 120 valence electrons. The Morgan fingerprint density at radius 2 is 1.43 bits per heavy atom. The van der Waals surface area contributed by atoms with Crippen molar-refractivity contribution in [1.29, 1.82) is 0 Å². The quantitative estimate of drug-likeness (QED) is 0.306. The van der Waals surface area contributed by atoms with Crippen LogP contribution in [0.3, 0.4) is 0 Å². The summed E-state index contributed by atoms with van der Waals surface area (Å²) in [5, 5.41) is 0. The third-order valence-corrected chi connectivity index (χ3v) is 4.31. The normalized spacial score (nSPS) is 10.8. The van der Waals surface area contributed by atoms with Crippen LogP contribution in [0.2, 0.25) is 0 Å². The van der Waals surface area contributed by atoms with Crippen LogP contribution in [0.15, 0.2) is 18.2 Å². The summed E-state index contributed by atoms with van der Waals surface area (Å²) in [6, 6.07) is 6.00. The molecule has 0 amide bonds. The van der Waals surface area contributed by atoms with Gasteiger partial charge in [-0.05, 0) is 29.7 Å². The zero-order valence-corrected chi connectivity index (χ0v) is 14.7. The second-order valence-corrected chi connectivity index (χ2v) is 6.06. The van der Waals surface area contributed by atoms with Crippen molar-refractivity contribution in [3.8, 4) is 5.75 Å². The summed E-state index contributed by atoms with van der Waals surface area (Å²) in [6.45, 7) is 3.05. The molecule has 0 saturated carbocycles. The Balaban J connectivity index is 2.12. The Hall–Kier alpha value is -0.400. The van der Waals surface area contributed by atoms with Crippen LogP contribution in [-0.2, 0) is 11.8 Å². The van der Waals surface area contributed by atoms with Crippen molar-refractivity contribution in [2.45, 2.75) is 70.1 Å². The third-order valence-electron chi connectivity index (χ3n) is 3.73. The van der Waals surface area contributed by atoms with Gasteiger partial charge in [0, 0.05) is 11.8 Å². The van der Waals surface area contributed by atoms with Crippen molar-refractivity contribution >= 4 is 23.2 Å². The first kappa shape index (κ1) is 18.6. The van der Waals surface area contributed by atoms with Gasteiger partial charge in [0.1, 0.15) is 5.75 Å². The molecule has 1 aromatic carbocycles. The lowest BCUT2D eigenvalue weighted by molar-refractivity contribution is 0.304. The number of halogens is 2. The summed E-state index contributed by atoms with van der Waals surface area (Å²) in [6.07, 6.45) is 10.5. The first-order valence-corrected chi connectivity index (χ1v) is 9.25. The van der Waals surface area contributed by atoms with Crippen LogP contribution in [0, 0.1) is 0 Å². The minimum atomic E-state index is 0.483. The van der Waals surface area contributed by atoms with Crippen LogP contribution in [0.25, 0.3) is 0 Å². The third kappa shape index (κ3) is 7.97. The minimum Gasteiger partial charge on any atom is -0.494 e. The van der Waals surface area contributed by atoms with Gasteiger partial charge in [-0.1, -0.05) is 57.9 Å². The minimum absolute atomic E-state index is 0.483. The molecule has 0 saturated heterocycles. The van der Waals surface area contributed by atoms with E-state index >= 15 is 0 Å². The second-order valence-electron chi connectivity index (χ2n) is 5.52. The van der Waals surface area contributed by atoms with E-state index in [-0.39, 0.29) is 0 Å². The molecule has 21 heavy (non-hydrogen) atoms. The highest BCUT2D eigenvalue weighted by molar-refractivity contribution is 6.18. The van der Waals surface area contributed by atoms with Crippen molar-refractivity contribution < 1.29 is 4.74 Å². The fraction of sp³-hybridized carbons (Fsp3) is 0.667. The molecule has 0 N–H and O–H groups in total. The molecule has 0 fully saturated rings. The molecule has 0 aliphatic rings. The van der Waals surface area contributed by atoms with Crippen LogP contribution in [0.4, 0.5) is 0 Å². The van der Waals surface area contributed by atoms with Crippen molar-refractivity contribution in [3.05, 3.63) is 29.3 Å². The standard InChI is InChI=1S/C18H28Cl2O/c1-2-3-4-5-6-7-8-9-12-21-18-11-10-16(14-19)17(13-18)15-20/h10-11,13H,2-9,12,14-15H2,1H3. The molecule has 0 bridgehead atoms. The molecule has 0 aliphatic carbocycles. The van der Waals surface area contributed by atoms with Crippen molar-refractivity contribution in [2.75, 3.05) is 6.61 Å². The number of hydrogen-bond acceptors (Lipinski definition) is 1. The smallest absolute Gasteiger partial charge is 0.119 e. The van der Waals surface area contributed by atoms with E-state index in [1.807, 2.05) is 18.2 Å². The fourth-order valence-electron chi connectivity index (χ4n) is 2.37. The van der Waals surface area contributed by atoms with Gasteiger partial charge in [0.15, 0.2) is 0 Å². The lowest BCUT2D eigenvalue weighted by atomic mass is 10.1. The second kappa shape index (κ2) is 12.2. The number of ether oxygens (including phenoxy) is 1. The molecule has 1 aromatic rings. The molecule has 0 spiro atoms. The van der Waals surface area contributed by atoms with Crippen molar-refractivity contribution in [1.82, 2.24) is 0 Å². The van der Waals surface area contributed by atoms with E-state index in [1.165, 1.54) is 44.9 Å². The van der Waals surface area contributed by atoms with Crippen molar-refractivity contribution in [3.63, 3.8) is 0 Å². The van der Waals surface area contributed by atoms with E-state index in [4.69, 9.17) is 27.9 Å². The molecule has 0 radical (unpaired) electrons. The Labute approximate surface area is 140 Å². The van der Waals surface area contributed by atoms with E-state index in [0.717, 1.165) is 29.9 Å². The van der Waals surface area contributed by atoms with Crippen LogP contribution in [0.5, 0.6) is 5.75 Å². The van der Waals surface area contributed by atoms with Gasteiger partial charge < -0.3 is 4.74 Å². The van der Waals surface area contributed by atoms with E-state index in [1.54, 1.807) is 0 Å². The van der Waals surface area contributed by atoms with Gasteiger partial charge in [-0.25, -0.2) is 0 Å². The summed E-state index contributed by atoms with van der Waals surface area (Å²) < 4.78 is 5.79. The largest absolute Gasteiger partial charge is 0.494 e. The average molecular weight is 331 g/mol. The molecular formula is C18H28Cl2O. The topological polar surface area (TPSA) is 9.23 Å². The first-order valence-electron chi connectivity index (χ1n) is 8.18. The van der Waals surface area contributed by atoms with Gasteiger partial charge in [-0.2, -0.15) is 0 Å². The monoisotopic (exact) mass is 330 g/mol. The van der Waals surface area contributed by atoms with E-state index in [2.05, 4.69) is 6.92 Å². The maximum Gasteiger partial charge on any atom is 0.119 e. The van der Waals surface area contributed by atoms with Crippen LogP contribution in [0.1, 0.15) is 69.4 Å². The Kier molecular flexibility index (Phi) is 10.8. The molecule has 3 heteroatoms. The van der Waals surface area contributed by atoms with E-state index < -0.39 is 0 Å². The first-order chi connectivity index (χ1) is 10.3. The number of benzene rings is 1. The average Bonchev–Trinajstić information content (AvgIpc) is 2.53. The summed E-state index contributed by atoms with van der Waals surface area (Å²) >= 11 is 11.8. The van der Waals surface area contributed by atoms with Crippen LogP contribution < -0.4 is 4.74 Å². The molecule has 0 heterocycles. The summed E-state index contributed by atoms with van der Waals surface area (Å²) in [7, 11) is 0. The van der Waals surface area contributed by atoms with Gasteiger partial charge in [0.05, 0.1) is 6.61 Å². The molecule has 1 nitrogen and oxygen atoms in total. The van der Waals surface area contributed by atoms with Gasteiger partial charge in [-0.15, -0.1) is 23.2 Å². The lowest BCUT2D eigenvalue weighted by Gasteiger charge is -2.10. The Morgan fingerprint density at radius 3 is 2.05 bits per heavy atom. The van der Waals surface area contributed by atoms with Gasteiger partial charge >= 0.3 is 0 Å². The maximum absolute atomic E-state index is 5.92. The summed E-state index contributed by atoms with van der Waals surface area (Å²) in [5.41, 5.74) is 2.16. The zero-order valence-electron chi connectivity index (χ0n) is 13.2. The highest BCUT2D eigenvalue weighted by atomic mass is 35.5. The fourth-order valence-corrected chi connectivity index (χ4v) is 2.88. The van der Waals surface area contributed by atoms with Gasteiger partial charge in [0.25, 0.3) is 0 Å². The summed E-state index contributed by atoms with van der Waals surface area (Å²) in [4.78, 5) is 0. The number of unbranched alkanes of at least 4 members (excludes halogenated alkanes) is 7. The zero-order chi connectivity index (χ0) is 15.3. The predicted molar refractivity (Wildman–Crippen MR) is 93.7 cm³/mol. The number of hydrogen-bond donors (Lipinski definition) is 0. The van der Waals surface area contributed by atoms with E-state index in [0.29, 0.717) is 11.8 Å². The highest BCUT2D eigenvalue weighted by Crippen LogP contribution is 2.21. The summed E-state index contributed by atoms with van der Waals surface area (Å²) in [5.74, 6) is 1.89. The van der Waals surface area contributed by atoms with E-state index in [9.17, 15) is 0 Å². The van der Waals surface area contributed by atoms with Gasteiger partial charge in [0.2, 0.25) is 0 Å². The number of rotatable bonds is 12. The SMILES string of the molecule is CCCCCCCCCCOc1ccc(CCl)c(CCl)c1. The Morgan fingerprint density at radius 1 is 0.810 bits per heavy atom. The molecule has 0 atom stereocenters. The highest BCUT2D eigenvalue weighted by Gasteiger charge is 2.03. The molecular weight excluding hydrogens is 303 g/mol. The lowest BCUT2D eigenvalue weighted by Crippen LogP contribution is -1.99. The van der Waals surface area contributed by atoms with Gasteiger partial charge in [-0.3, -0.25) is 0 Å². The van der Waals surface area contributed by atoms with Crippen LogP contribution in [-0.4, -0.2) is 6.61 Å². The molecule has 1 rings (SSSR count). The molecule has 0 unspecified atom stereocenters. The predicted octanol–water partition coefficient (Wildman–Crippen LogP) is 6.68. The molecule has 0 aliphatic heterocycles. The maximum atomic E-state index is 5.92. The van der Waals surface area contributed by atoms with Crippen molar-refractivity contribution in [2.24, 2.45) is 0 Å². The van der Waals surface area contributed by atoms with Crippen LogP contribution >= 0.6 is 23.2 Å². The Bertz CT molecular complexity index is 379.